The van der Waals surface area contributed by atoms with Crippen molar-refractivity contribution in [3.63, 3.8) is 0 Å². The fourth-order valence-corrected chi connectivity index (χ4v) is 6.13. The molecular formula is C18H26ClNO4S. The molecule has 0 saturated heterocycles. The molecule has 25 heavy (non-hydrogen) atoms. The molecule has 0 spiro atoms. The summed E-state index contributed by atoms with van der Waals surface area (Å²) in [6.07, 6.45) is 8.24. The van der Waals surface area contributed by atoms with Gasteiger partial charge in [-0.1, -0.05) is 23.7 Å². The minimum Gasteiger partial charge on any atom is -0.327 e. The lowest BCUT2D eigenvalue weighted by molar-refractivity contribution is -0.0821. The minimum absolute atomic E-state index is 0.333. The van der Waals surface area contributed by atoms with Crippen molar-refractivity contribution in [1.29, 1.82) is 0 Å². The number of halogens is 1. The number of rotatable bonds is 2. The van der Waals surface area contributed by atoms with E-state index in [4.69, 9.17) is 34.9 Å². The third-order valence-electron chi connectivity index (χ3n) is 6.53. The van der Waals surface area contributed by atoms with E-state index in [0.717, 1.165) is 16.9 Å². The number of benzene rings is 1. The molecule has 4 saturated carbocycles. The number of hydrogen-bond acceptors (Lipinski definition) is 3. The average molecular weight is 388 g/mol. The van der Waals surface area contributed by atoms with E-state index in [-0.39, 0.29) is 0 Å². The van der Waals surface area contributed by atoms with Crippen LogP contribution >= 0.6 is 11.6 Å². The summed E-state index contributed by atoms with van der Waals surface area (Å²) < 4.78 is 31.6. The first kappa shape index (κ1) is 19.1. The third-order valence-corrected chi connectivity index (χ3v) is 6.78. The van der Waals surface area contributed by atoms with Crippen molar-refractivity contribution in [3.8, 4) is 0 Å². The van der Waals surface area contributed by atoms with Gasteiger partial charge in [-0.3, -0.25) is 9.11 Å². The van der Waals surface area contributed by atoms with E-state index in [1.165, 1.54) is 44.1 Å². The Morgan fingerprint density at radius 1 is 1.12 bits per heavy atom. The fraction of sp³-hybridized carbons (Fsp3) is 0.667. The van der Waals surface area contributed by atoms with Crippen molar-refractivity contribution in [1.82, 2.24) is 0 Å². The van der Waals surface area contributed by atoms with Crippen LogP contribution in [0.1, 0.15) is 51.0 Å². The summed E-state index contributed by atoms with van der Waals surface area (Å²) in [6.45, 7) is 2.24. The monoisotopic (exact) mass is 387 g/mol. The van der Waals surface area contributed by atoms with Crippen LogP contribution in [-0.4, -0.2) is 23.6 Å². The molecule has 5 atom stereocenters. The lowest BCUT2D eigenvalue weighted by Crippen LogP contribution is -2.59. The highest BCUT2D eigenvalue weighted by Gasteiger charge is 2.59. The van der Waals surface area contributed by atoms with Crippen molar-refractivity contribution >= 4 is 22.0 Å². The Labute approximate surface area is 154 Å². The molecule has 0 amide bonds. The minimum atomic E-state index is -4.67. The Kier molecular flexibility index (Phi) is 4.97. The predicted molar refractivity (Wildman–Crippen MR) is 98.1 cm³/mol. The van der Waals surface area contributed by atoms with Crippen LogP contribution in [0, 0.1) is 17.3 Å². The zero-order valence-corrected chi connectivity index (χ0v) is 15.9. The van der Waals surface area contributed by atoms with E-state index in [1.54, 1.807) is 0 Å². The zero-order chi connectivity index (χ0) is 18.5. The van der Waals surface area contributed by atoms with Crippen molar-refractivity contribution in [2.75, 3.05) is 0 Å². The maximum atomic E-state index is 8.74. The molecule has 4 aliphatic rings. The smallest absolute Gasteiger partial charge is 0.327 e. The van der Waals surface area contributed by atoms with E-state index < -0.39 is 10.4 Å². The maximum Gasteiger partial charge on any atom is 0.394 e. The summed E-state index contributed by atoms with van der Waals surface area (Å²) in [5, 5.41) is 0.848. The molecule has 0 radical (unpaired) electrons. The quantitative estimate of drug-likeness (QED) is 0.668. The van der Waals surface area contributed by atoms with E-state index in [2.05, 4.69) is 31.2 Å². The molecule has 4 N–H and O–H groups in total. The van der Waals surface area contributed by atoms with Crippen molar-refractivity contribution in [2.24, 2.45) is 23.0 Å². The van der Waals surface area contributed by atoms with Crippen LogP contribution in [0.25, 0.3) is 0 Å². The second-order valence-corrected chi connectivity index (χ2v) is 9.68. The summed E-state index contributed by atoms with van der Waals surface area (Å²) in [6, 6.07) is 9.00. The molecule has 4 bridgehead atoms. The topological polar surface area (TPSA) is 101 Å². The molecule has 0 heterocycles. The van der Waals surface area contributed by atoms with Gasteiger partial charge >= 0.3 is 10.4 Å². The standard InChI is InChI=1S/C18H24ClN.H2O4S/c1-12(20)17-7-13-6-14(8-17)10-18(9-13,11-17)15-2-4-16(19)5-3-15;1-5(2,3)4/h2-5,12-14H,6-11,20H2,1H3;(H2,1,2,3,4)/t12?,13-,14+,17?,18?;. The molecule has 1 aromatic carbocycles. The van der Waals surface area contributed by atoms with Gasteiger partial charge in [0.25, 0.3) is 0 Å². The van der Waals surface area contributed by atoms with E-state index in [1.807, 2.05) is 0 Å². The summed E-state index contributed by atoms with van der Waals surface area (Å²) >= 11 is 6.08. The molecule has 140 valence electrons. The van der Waals surface area contributed by atoms with Gasteiger partial charge in [0.15, 0.2) is 0 Å². The zero-order valence-electron chi connectivity index (χ0n) is 14.4. The SMILES string of the molecule is CC(N)C12C[C@@H]3C[C@@H](CC(c4ccc(Cl)cc4)(C3)C1)C2.O=S(=O)(O)O. The van der Waals surface area contributed by atoms with Gasteiger partial charge in [-0.25, -0.2) is 0 Å². The highest BCUT2D eigenvalue weighted by atomic mass is 35.5. The van der Waals surface area contributed by atoms with E-state index in [9.17, 15) is 0 Å². The Morgan fingerprint density at radius 3 is 2.04 bits per heavy atom. The van der Waals surface area contributed by atoms with Gasteiger partial charge in [-0.15, -0.1) is 0 Å². The Bertz CT molecular complexity index is 710. The second-order valence-electron chi connectivity index (χ2n) is 8.35. The van der Waals surface area contributed by atoms with Crippen LogP contribution in [0.4, 0.5) is 0 Å². The van der Waals surface area contributed by atoms with Gasteiger partial charge < -0.3 is 5.73 Å². The van der Waals surface area contributed by atoms with Crippen LogP contribution in [0.5, 0.6) is 0 Å². The summed E-state index contributed by atoms with van der Waals surface area (Å²) in [5.41, 5.74) is 8.74. The van der Waals surface area contributed by atoms with E-state index in [0.29, 0.717) is 16.9 Å². The van der Waals surface area contributed by atoms with Crippen LogP contribution in [-0.2, 0) is 15.8 Å². The predicted octanol–water partition coefficient (Wildman–Crippen LogP) is 3.87. The summed E-state index contributed by atoms with van der Waals surface area (Å²) in [4.78, 5) is 0. The Morgan fingerprint density at radius 2 is 1.60 bits per heavy atom. The normalized spacial score (nSPS) is 37.3. The van der Waals surface area contributed by atoms with Gasteiger partial charge in [0.05, 0.1) is 0 Å². The molecule has 5 rings (SSSR count). The largest absolute Gasteiger partial charge is 0.394 e. The van der Waals surface area contributed by atoms with Gasteiger partial charge in [0.2, 0.25) is 0 Å². The molecule has 0 aromatic heterocycles. The number of nitrogens with two attached hydrogens (primary N) is 1. The average Bonchev–Trinajstić information content (AvgIpc) is 2.44. The first-order valence-electron chi connectivity index (χ1n) is 8.73. The van der Waals surface area contributed by atoms with Crippen LogP contribution in [0.3, 0.4) is 0 Å². The van der Waals surface area contributed by atoms with Crippen molar-refractivity contribution in [2.45, 2.75) is 56.9 Å². The molecule has 7 heteroatoms. The molecule has 5 nitrogen and oxygen atoms in total. The van der Waals surface area contributed by atoms with Gasteiger partial charge in [-0.2, -0.15) is 8.42 Å². The first-order chi connectivity index (χ1) is 11.5. The summed E-state index contributed by atoms with van der Waals surface area (Å²) in [7, 11) is -4.67. The van der Waals surface area contributed by atoms with Crippen molar-refractivity contribution < 1.29 is 17.5 Å². The molecule has 4 aliphatic carbocycles. The Hall–Kier alpha value is -0.660. The molecular weight excluding hydrogens is 362 g/mol. The molecule has 3 unspecified atom stereocenters. The third kappa shape index (κ3) is 4.03. The molecule has 0 aliphatic heterocycles. The lowest BCUT2D eigenvalue weighted by Gasteiger charge is -2.63. The van der Waals surface area contributed by atoms with Gasteiger partial charge in [0.1, 0.15) is 0 Å². The highest BCUT2D eigenvalue weighted by Crippen LogP contribution is 2.66. The molecule has 4 fully saturated rings. The van der Waals surface area contributed by atoms with Gasteiger partial charge in [-0.05, 0) is 85.8 Å². The van der Waals surface area contributed by atoms with Crippen LogP contribution < -0.4 is 5.73 Å². The fourth-order valence-electron chi connectivity index (χ4n) is 6.01. The highest BCUT2D eigenvalue weighted by molar-refractivity contribution is 7.79. The number of hydrogen-bond donors (Lipinski definition) is 3. The van der Waals surface area contributed by atoms with Crippen LogP contribution in [0.2, 0.25) is 5.02 Å². The maximum absolute atomic E-state index is 8.74. The van der Waals surface area contributed by atoms with Gasteiger partial charge in [0, 0.05) is 11.1 Å². The first-order valence-corrected chi connectivity index (χ1v) is 10.5. The van der Waals surface area contributed by atoms with Crippen LogP contribution in [0.15, 0.2) is 24.3 Å². The lowest BCUT2D eigenvalue weighted by atomic mass is 9.41. The summed E-state index contributed by atoms with van der Waals surface area (Å²) in [5.74, 6) is 1.80. The van der Waals surface area contributed by atoms with Crippen molar-refractivity contribution in [3.05, 3.63) is 34.9 Å². The Balaban J connectivity index is 0.000000324. The second kappa shape index (κ2) is 6.50. The molecule has 1 aromatic rings. The van der Waals surface area contributed by atoms with E-state index >= 15 is 0 Å².